The Hall–Kier alpha value is -3.40. The fourth-order valence-electron chi connectivity index (χ4n) is 4.46. The van der Waals surface area contributed by atoms with E-state index in [0.717, 1.165) is 61.2 Å². The minimum Gasteiger partial charge on any atom is -0.497 e. The van der Waals surface area contributed by atoms with Crippen molar-refractivity contribution in [2.75, 3.05) is 46.9 Å². The zero-order valence-electron chi connectivity index (χ0n) is 20.0. The van der Waals surface area contributed by atoms with Crippen LogP contribution >= 0.6 is 0 Å². The van der Waals surface area contributed by atoms with Crippen molar-refractivity contribution in [3.8, 4) is 11.8 Å². The van der Waals surface area contributed by atoms with Crippen LogP contribution in [0.2, 0.25) is 0 Å². The Bertz CT molecular complexity index is 1170. The molecule has 0 aliphatic carbocycles. The normalized spacial score (nSPS) is 15.0. The molecule has 3 aromatic carbocycles. The highest BCUT2D eigenvalue weighted by molar-refractivity contribution is 5.84. The molecule has 0 saturated carbocycles. The maximum atomic E-state index is 12.9. The zero-order valence-corrected chi connectivity index (χ0v) is 20.0. The third kappa shape index (κ3) is 6.13. The van der Waals surface area contributed by atoms with Gasteiger partial charge in [0.05, 0.1) is 25.3 Å². The summed E-state index contributed by atoms with van der Waals surface area (Å²) in [5.41, 5.74) is 3.03. The van der Waals surface area contributed by atoms with Crippen molar-refractivity contribution in [2.45, 2.75) is 19.5 Å². The quantitative estimate of drug-likeness (QED) is 0.540. The molecule has 0 aromatic heterocycles. The number of methoxy groups -OCH3 is 1. The van der Waals surface area contributed by atoms with Crippen LogP contribution in [0.15, 0.2) is 60.7 Å². The second kappa shape index (κ2) is 11.1. The van der Waals surface area contributed by atoms with Crippen LogP contribution in [0.1, 0.15) is 23.1 Å². The van der Waals surface area contributed by atoms with Gasteiger partial charge in [0.2, 0.25) is 5.91 Å². The Labute approximate surface area is 201 Å². The molecule has 0 N–H and O–H groups in total. The van der Waals surface area contributed by atoms with Gasteiger partial charge in [-0.1, -0.05) is 30.3 Å². The van der Waals surface area contributed by atoms with Gasteiger partial charge in [0.1, 0.15) is 5.75 Å². The lowest BCUT2D eigenvalue weighted by molar-refractivity contribution is -0.131. The number of hydrogen-bond acceptors (Lipinski definition) is 5. The molecule has 1 fully saturated rings. The molecule has 1 amide bonds. The fourth-order valence-corrected chi connectivity index (χ4v) is 4.46. The summed E-state index contributed by atoms with van der Waals surface area (Å²) < 4.78 is 5.30. The smallest absolute Gasteiger partial charge is 0.236 e. The van der Waals surface area contributed by atoms with Gasteiger partial charge < -0.3 is 9.64 Å². The predicted octanol–water partition coefficient (Wildman–Crippen LogP) is 3.89. The molecule has 0 unspecified atom stereocenters. The molecule has 1 aliphatic heterocycles. The largest absolute Gasteiger partial charge is 0.497 e. The van der Waals surface area contributed by atoms with E-state index < -0.39 is 0 Å². The molecule has 3 aromatic rings. The molecule has 1 saturated heterocycles. The number of rotatable bonds is 7. The van der Waals surface area contributed by atoms with Crippen LogP contribution in [0, 0.1) is 11.3 Å². The molecule has 6 nitrogen and oxygen atoms in total. The van der Waals surface area contributed by atoms with Crippen LogP contribution in [0.5, 0.6) is 5.75 Å². The highest BCUT2D eigenvalue weighted by atomic mass is 16.5. The second-order valence-electron chi connectivity index (χ2n) is 9.01. The molecule has 0 bridgehead atoms. The first-order chi connectivity index (χ1) is 16.5. The SMILES string of the molecule is COc1ccc2cc(CN(C)C(=O)CN3CCCN(Cc4ccc(C#N)cc4)CC3)ccc2c1. The second-order valence-corrected chi connectivity index (χ2v) is 9.01. The van der Waals surface area contributed by atoms with E-state index in [9.17, 15) is 4.79 Å². The van der Waals surface area contributed by atoms with Crippen molar-refractivity contribution in [1.82, 2.24) is 14.7 Å². The first kappa shape index (κ1) is 23.7. The number of nitrogens with zero attached hydrogens (tertiary/aromatic N) is 4. The van der Waals surface area contributed by atoms with E-state index in [1.165, 1.54) is 5.56 Å². The summed E-state index contributed by atoms with van der Waals surface area (Å²) >= 11 is 0. The number of fused-ring (bicyclic) bond motifs is 1. The van der Waals surface area contributed by atoms with Gasteiger partial charge in [-0.25, -0.2) is 0 Å². The lowest BCUT2D eigenvalue weighted by atomic mass is 10.1. The summed E-state index contributed by atoms with van der Waals surface area (Å²) in [7, 11) is 3.56. The van der Waals surface area contributed by atoms with Gasteiger partial charge in [-0.3, -0.25) is 14.6 Å². The highest BCUT2D eigenvalue weighted by Gasteiger charge is 2.19. The summed E-state index contributed by atoms with van der Waals surface area (Å²) in [6.07, 6.45) is 1.04. The van der Waals surface area contributed by atoms with Gasteiger partial charge in [-0.15, -0.1) is 0 Å². The van der Waals surface area contributed by atoms with Crippen molar-refractivity contribution < 1.29 is 9.53 Å². The molecule has 1 heterocycles. The topological polar surface area (TPSA) is 59.8 Å². The molecular formula is C28H32N4O2. The van der Waals surface area contributed by atoms with Crippen LogP contribution in [0.3, 0.4) is 0 Å². The van der Waals surface area contributed by atoms with Crippen molar-refractivity contribution >= 4 is 16.7 Å². The highest BCUT2D eigenvalue weighted by Crippen LogP contribution is 2.22. The summed E-state index contributed by atoms with van der Waals surface area (Å²) in [4.78, 5) is 19.5. The van der Waals surface area contributed by atoms with Gasteiger partial charge >= 0.3 is 0 Å². The average Bonchev–Trinajstić information content (AvgIpc) is 3.09. The Morgan fingerprint density at radius 3 is 2.38 bits per heavy atom. The van der Waals surface area contributed by atoms with E-state index >= 15 is 0 Å². The molecule has 34 heavy (non-hydrogen) atoms. The molecule has 1 aliphatic rings. The van der Waals surface area contributed by atoms with E-state index in [2.05, 4.69) is 40.1 Å². The van der Waals surface area contributed by atoms with Crippen LogP contribution in [0.25, 0.3) is 10.8 Å². The number of hydrogen-bond donors (Lipinski definition) is 0. The lowest BCUT2D eigenvalue weighted by Crippen LogP contribution is -2.39. The molecule has 0 spiro atoms. The number of likely N-dealkylation sites (N-methyl/N-ethyl adjacent to an activating group) is 1. The minimum absolute atomic E-state index is 0.148. The van der Waals surface area contributed by atoms with E-state index in [4.69, 9.17) is 10.00 Å². The minimum atomic E-state index is 0.148. The third-order valence-corrected chi connectivity index (χ3v) is 6.49. The van der Waals surface area contributed by atoms with Crippen molar-refractivity contribution in [2.24, 2.45) is 0 Å². The maximum absolute atomic E-state index is 12.9. The maximum Gasteiger partial charge on any atom is 0.236 e. The van der Waals surface area contributed by atoms with Gasteiger partial charge in [0, 0.05) is 33.2 Å². The molecule has 6 heteroatoms. The molecule has 4 rings (SSSR count). The first-order valence-corrected chi connectivity index (χ1v) is 11.8. The third-order valence-electron chi connectivity index (χ3n) is 6.49. The number of carbonyl (C=O) groups is 1. The average molecular weight is 457 g/mol. The summed E-state index contributed by atoms with van der Waals surface area (Å²) in [6, 6.07) is 22.3. The van der Waals surface area contributed by atoms with Gasteiger partial charge in [0.25, 0.3) is 0 Å². The molecule has 176 valence electrons. The van der Waals surface area contributed by atoms with Gasteiger partial charge in [-0.05, 0) is 71.7 Å². The van der Waals surface area contributed by atoms with Crippen molar-refractivity contribution in [1.29, 1.82) is 5.26 Å². The van der Waals surface area contributed by atoms with Gasteiger partial charge in [-0.2, -0.15) is 5.26 Å². The Morgan fingerprint density at radius 1 is 0.941 bits per heavy atom. The van der Waals surface area contributed by atoms with E-state index in [1.807, 2.05) is 48.3 Å². The Kier molecular flexibility index (Phi) is 7.79. The number of amides is 1. The summed E-state index contributed by atoms with van der Waals surface area (Å²) in [5, 5.41) is 11.2. The molecular weight excluding hydrogens is 424 g/mol. The van der Waals surface area contributed by atoms with Crippen LogP contribution < -0.4 is 4.74 Å². The number of carbonyl (C=O) groups excluding carboxylic acids is 1. The van der Waals surface area contributed by atoms with Crippen LogP contribution in [0.4, 0.5) is 0 Å². The fraction of sp³-hybridized carbons (Fsp3) is 0.357. The standard InChI is InChI=1S/C28H32N4O2/c1-30(19-24-8-9-26-17-27(34-2)11-10-25(26)16-24)28(33)21-32-13-3-12-31(14-15-32)20-23-6-4-22(18-29)5-7-23/h4-11,16-17H,3,12-15,19-21H2,1-2H3. The first-order valence-electron chi connectivity index (χ1n) is 11.8. The van der Waals surface area contributed by atoms with E-state index in [1.54, 1.807) is 7.11 Å². The lowest BCUT2D eigenvalue weighted by Gasteiger charge is -2.24. The predicted molar refractivity (Wildman–Crippen MR) is 134 cm³/mol. The summed E-state index contributed by atoms with van der Waals surface area (Å²) in [6.45, 7) is 5.69. The number of benzene rings is 3. The van der Waals surface area contributed by atoms with E-state index in [0.29, 0.717) is 18.7 Å². The van der Waals surface area contributed by atoms with Crippen molar-refractivity contribution in [3.63, 3.8) is 0 Å². The van der Waals surface area contributed by atoms with Crippen molar-refractivity contribution in [3.05, 3.63) is 77.4 Å². The Morgan fingerprint density at radius 2 is 1.62 bits per heavy atom. The van der Waals surface area contributed by atoms with E-state index in [-0.39, 0.29) is 5.91 Å². The Balaban J connectivity index is 1.28. The monoisotopic (exact) mass is 456 g/mol. The van der Waals surface area contributed by atoms with Crippen LogP contribution in [-0.4, -0.2) is 67.5 Å². The molecule has 0 radical (unpaired) electrons. The summed E-state index contributed by atoms with van der Waals surface area (Å²) in [5.74, 6) is 0.996. The number of ether oxygens (including phenoxy) is 1. The zero-order chi connectivity index (χ0) is 23.9. The number of nitriles is 1. The van der Waals surface area contributed by atoms with Crippen LogP contribution in [-0.2, 0) is 17.9 Å². The molecule has 0 atom stereocenters. The van der Waals surface area contributed by atoms with Gasteiger partial charge in [0.15, 0.2) is 0 Å².